The molecule has 30 heavy (non-hydrogen) atoms. The summed E-state index contributed by atoms with van der Waals surface area (Å²) in [5.41, 5.74) is 5.33. The van der Waals surface area contributed by atoms with Crippen LogP contribution in [0.25, 0.3) is 10.8 Å². The molecule has 0 saturated heterocycles. The summed E-state index contributed by atoms with van der Waals surface area (Å²) in [6.07, 6.45) is 1.80. The Morgan fingerprint density at radius 2 is 1.90 bits per heavy atom. The number of fused-ring (bicyclic) bond motifs is 1. The monoisotopic (exact) mass is 422 g/mol. The van der Waals surface area contributed by atoms with Gasteiger partial charge in [0.15, 0.2) is 5.82 Å². The van der Waals surface area contributed by atoms with E-state index in [9.17, 15) is 4.39 Å². The van der Waals surface area contributed by atoms with Gasteiger partial charge in [-0.2, -0.15) is 5.10 Å². The van der Waals surface area contributed by atoms with Crippen LogP contribution in [0.1, 0.15) is 30.3 Å². The first kappa shape index (κ1) is 20.1. The lowest BCUT2D eigenvalue weighted by atomic mass is 10.0. The summed E-state index contributed by atoms with van der Waals surface area (Å²) in [4.78, 5) is 0. The van der Waals surface area contributed by atoms with Gasteiger partial charge >= 0.3 is 0 Å². The van der Waals surface area contributed by atoms with E-state index in [1.54, 1.807) is 12.1 Å². The molecule has 0 radical (unpaired) electrons. The molecule has 0 amide bonds. The highest BCUT2D eigenvalue weighted by molar-refractivity contribution is 7.71. The number of benzene rings is 3. The Balaban J connectivity index is 1.63. The van der Waals surface area contributed by atoms with Crippen LogP contribution < -0.4 is 10.2 Å². The van der Waals surface area contributed by atoms with E-state index in [-0.39, 0.29) is 5.82 Å². The molecule has 0 spiro atoms. The van der Waals surface area contributed by atoms with Crippen molar-refractivity contribution < 1.29 is 9.13 Å². The van der Waals surface area contributed by atoms with Crippen LogP contribution in [-0.4, -0.2) is 14.9 Å². The number of halogens is 1. The molecule has 0 bridgehead atoms. The second-order valence-electron chi connectivity index (χ2n) is 7.04. The summed E-state index contributed by atoms with van der Waals surface area (Å²) in [6.45, 7) is 2.98. The van der Waals surface area contributed by atoms with Crippen molar-refractivity contribution in [2.75, 3.05) is 5.43 Å². The molecule has 2 N–H and O–H groups in total. The first-order valence-corrected chi connectivity index (χ1v) is 10.3. The lowest BCUT2D eigenvalue weighted by Crippen LogP contribution is -2.18. The summed E-state index contributed by atoms with van der Waals surface area (Å²) in [5, 5.41) is 9.40. The Hall–Kier alpha value is -3.19. The predicted molar refractivity (Wildman–Crippen MR) is 119 cm³/mol. The predicted octanol–water partition coefficient (Wildman–Crippen LogP) is 5.51. The Kier molecular flexibility index (Phi) is 6.09. The van der Waals surface area contributed by atoms with Gasteiger partial charge in [-0.1, -0.05) is 49.4 Å². The summed E-state index contributed by atoms with van der Waals surface area (Å²) < 4.78 is 21.7. The quantitative estimate of drug-likeness (QED) is 0.368. The summed E-state index contributed by atoms with van der Waals surface area (Å²) in [7, 11) is 0. The highest BCUT2D eigenvalue weighted by atomic mass is 32.1. The van der Waals surface area contributed by atoms with Crippen molar-refractivity contribution in [3.63, 3.8) is 0 Å². The number of hydrogen-bond acceptors (Lipinski definition) is 4. The molecule has 1 heterocycles. The maximum absolute atomic E-state index is 13.2. The average Bonchev–Trinajstić information content (AvgIpc) is 3.11. The fourth-order valence-corrected chi connectivity index (χ4v) is 3.63. The van der Waals surface area contributed by atoms with Crippen molar-refractivity contribution >= 4 is 23.0 Å². The third-order valence-corrected chi connectivity index (χ3v) is 5.21. The minimum absolute atomic E-state index is 0.255. The fourth-order valence-electron chi connectivity index (χ4n) is 3.42. The van der Waals surface area contributed by atoms with Crippen molar-refractivity contribution in [2.45, 2.75) is 32.9 Å². The van der Waals surface area contributed by atoms with E-state index in [1.165, 1.54) is 12.1 Å². The number of H-pyrrole nitrogens is 1. The summed E-state index contributed by atoms with van der Waals surface area (Å²) >= 11 is 5.38. The van der Waals surface area contributed by atoms with E-state index in [1.807, 2.05) is 28.9 Å². The van der Waals surface area contributed by atoms with Crippen molar-refractivity contribution in [1.29, 1.82) is 0 Å². The van der Waals surface area contributed by atoms with Crippen LogP contribution in [0.2, 0.25) is 0 Å². The fraction of sp³-hybridized carbons (Fsp3) is 0.217. The SMILES string of the molecule is CCCc1n[nH]c(=S)n1NCc1c(OCc2ccc(F)cc2)ccc2ccccc12. The minimum atomic E-state index is -0.255. The molecule has 0 atom stereocenters. The Labute approximate surface area is 179 Å². The molecule has 1 aromatic heterocycles. The Morgan fingerprint density at radius 1 is 1.10 bits per heavy atom. The van der Waals surface area contributed by atoms with Crippen LogP contribution >= 0.6 is 12.2 Å². The first-order chi connectivity index (χ1) is 14.7. The van der Waals surface area contributed by atoms with Gasteiger partial charge in [-0.05, 0) is 53.2 Å². The molecule has 0 saturated carbocycles. The number of nitrogens with zero attached hydrogens (tertiary/aromatic N) is 2. The van der Waals surface area contributed by atoms with Gasteiger partial charge in [-0.25, -0.2) is 9.07 Å². The van der Waals surface area contributed by atoms with Gasteiger partial charge in [0.2, 0.25) is 4.77 Å². The van der Waals surface area contributed by atoms with Gasteiger partial charge in [0, 0.05) is 12.0 Å². The Bertz CT molecular complexity index is 1200. The maximum Gasteiger partial charge on any atom is 0.214 e. The van der Waals surface area contributed by atoms with Crippen molar-refractivity contribution in [3.8, 4) is 5.75 Å². The van der Waals surface area contributed by atoms with Crippen LogP contribution in [0.15, 0.2) is 60.7 Å². The maximum atomic E-state index is 13.2. The van der Waals surface area contributed by atoms with Crippen LogP contribution in [0.3, 0.4) is 0 Å². The highest BCUT2D eigenvalue weighted by Gasteiger charge is 2.11. The molecule has 0 aliphatic heterocycles. The largest absolute Gasteiger partial charge is 0.489 e. The number of nitrogens with one attached hydrogen (secondary N) is 2. The third kappa shape index (κ3) is 4.36. The molecule has 0 fully saturated rings. The smallest absolute Gasteiger partial charge is 0.214 e. The van der Waals surface area contributed by atoms with Gasteiger partial charge in [0.05, 0.1) is 6.54 Å². The molecule has 7 heteroatoms. The van der Waals surface area contributed by atoms with Crippen LogP contribution in [0, 0.1) is 10.6 Å². The van der Waals surface area contributed by atoms with Crippen LogP contribution in [0.5, 0.6) is 5.75 Å². The topological polar surface area (TPSA) is 54.9 Å². The molecule has 0 aliphatic carbocycles. The molecule has 5 nitrogen and oxygen atoms in total. The molecular formula is C23H23FN4OS. The Morgan fingerprint density at radius 3 is 2.70 bits per heavy atom. The van der Waals surface area contributed by atoms with Crippen LogP contribution in [-0.2, 0) is 19.6 Å². The molecule has 154 valence electrons. The van der Waals surface area contributed by atoms with Crippen molar-refractivity contribution in [1.82, 2.24) is 14.9 Å². The number of rotatable bonds is 8. The van der Waals surface area contributed by atoms with E-state index in [4.69, 9.17) is 17.0 Å². The standard InChI is InChI=1S/C23H23FN4OS/c1-2-5-22-26-27-23(30)28(22)25-14-20-19-7-4-3-6-17(19)10-13-21(20)29-15-16-8-11-18(24)12-9-16/h3-4,6-13,25H,2,5,14-15H2,1H3,(H,27,30). The normalized spacial score (nSPS) is 11.0. The second-order valence-corrected chi connectivity index (χ2v) is 7.43. The molecular weight excluding hydrogens is 399 g/mol. The average molecular weight is 423 g/mol. The third-order valence-electron chi connectivity index (χ3n) is 4.93. The number of hydrogen-bond donors (Lipinski definition) is 2. The lowest BCUT2D eigenvalue weighted by Gasteiger charge is -2.16. The zero-order chi connectivity index (χ0) is 20.9. The molecule has 0 aliphatic rings. The number of ether oxygens (including phenoxy) is 1. The summed E-state index contributed by atoms with van der Waals surface area (Å²) in [6, 6.07) is 18.6. The molecule has 0 unspecified atom stereocenters. The molecule has 4 rings (SSSR count). The van der Waals surface area contributed by atoms with Gasteiger partial charge in [0.25, 0.3) is 0 Å². The van der Waals surface area contributed by atoms with E-state index in [0.717, 1.165) is 46.3 Å². The minimum Gasteiger partial charge on any atom is -0.489 e. The molecule has 3 aromatic carbocycles. The van der Waals surface area contributed by atoms with E-state index in [2.05, 4.69) is 34.7 Å². The molecule has 4 aromatic rings. The van der Waals surface area contributed by atoms with Gasteiger partial charge in [0.1, 0.15) is 18.2 Å². The zero-order valence-electron chi connectivity index (χ0n) is 16.7. The lowest BCUT2D eigenvalue weighted by molar-refractivity contribution is 0.303. The number of aromatic amines is 1. The van der Waals surface area contributed by atoms with Gasteiger partial charge in [-0.3, -0.25) is 5.10 Å². The van der Waals surface area contributed by atoms with E-state index in [0.29, 0.717) is 17.9 Å². The van der Waals surface area contributed by atoms with Crippen molar-refractivity contribution in [2.24, 2.45) is 0 Å². The second kappa shape index (κ2) is 9.09. The summed E-state index contributed by atoms with van der Waals surface area (Å²) in [5.74, 6) is 1.39. The van der Waals surface area contributed by atoms with Gasteiger partial charge in [-0.15, -0.1) is 0 Å². The van der Waals surface area contributed by atoms with Crippen LogP contribution in [0.4, 0.5) is 4.39 Å². The van der Waals surface area contributed by atoms with Crippen molar-refractivity contribution in [3.05, 3.63) is 88.2 Å². The van der Waals surface area contributed by atoms with E-state index < -0.39 is 0 Å². The zero-order valence-corrected chi connectivity index (χ0v) is 17.5. The van der Waals surface area contributed by atoms with Gasteiger partial charge < -0.3 is 10.2 Å². The number of aryl methyl sites for hydroxylation is 1. The van der Waals surface area contributed by atoms with E-state index >= 15 is 0 Å². The highest BCUT2D eigenvalue weighted by Crippen LogP contribution is 2.29. The first-order valence-electron chi connectivity index (χ1n) is 9.93. The number of aromatic nitrogens is 3.